The zero-order chi connectivity index (χ0) is 15.7. The van der Waals surface area contributed by atoms with Gasteiger partial charge < -0.3 is 19.7 Å². The fourth-order valence-corrected chi connectivity index (χ4v) is 2.21. The van der Waals surface area contributed by atoms with Gasteiger partial charge in [0, 0.05) is 0 Å². The first-order valence-electron chi connectivity index (χ1n) is 6.82. The molecule has 1 heterocycles. The number of benzene rings is 2. The van der Waals surface area contributed by atoms with E-state index in [0.717, 1.165) is 11.3 Å². The third kappa shape index (κ3) is 2.37. The van der Waals surface area contributed by atoms with Crippen molar-refractivity contribution >= 4 is 11.9 Å². The molecule has 2 N–H and O–H groups in total. The van der Waals surface area contributed by atoms with Gasteiger partial charge in [0.2, 0.25) is 11.5 Å². The molecule has 5 heteroatoms. The molecule has 0 unspecified atom stereocenters. The third-order valence-electron chi connectivity index (χ3n) is 3.28. The summed E-state index contributed by atoms with van der Waals surface area (Å²) in [6, 6.07) is 9.88. The lowest BCUT2D eigenvalue weighted by atomic mass is 10.1. The van der Waals surface area contributed by atoms with Crippen LogP contribution in [0.1, 0.15) is 22.8 Å². The SMILES string of the molecule is CCOc1ccc(/C=C2\Oc3c(ccc(O)c3O)C2=O)cc1. The van der Waals surface area contributed by atoms with E-state index >= 15 is 0 Å². The highest BCUT2D eigenvalue weighted by molar-refractivity contribution is 6.15. The molecule has 2 aromatic rings. The minimum atomic E-state index is -0.430. The number of ketones is 1. The summed E-state index contributed by atoms with van der Waals surface area (Å²) in [6.07, 6.45) is 1.58. The number of aromatic hydroxyl groups is 2. The lowest BCUT2D eigenvalue weighted by molar-refractivity contribution is 0.101. The van der Waals surface area contributed by atoms with E-state index in [1.54, 1.807) is 30.3 Å². The molecule has 112 valence electrons. The van der Waals surface area contributed by atoms with Gasteiger partial charge in [-0.3, -0.25) is 4.79 Å². The van der Waals surface area contributed by atoms with E-state index in [0.29, 0.717) is 6.61 Å². The topological polar surface area (TPSA) is 76.0 Å². The van der Waals surface area contributed by atoms with Crippen LogP contribution in [0.2, 0.25) is 0 Å². The highest BCUT2D eigenvalue weighted by atomic mass is 16.5. The number of rotatable bonds is 3. The van der Waals surface area contributed by atoms with Crippen LogP contribution < -0.4 is 9.47 Å². The average Bonchev–Trinajstić information content (AvgIpc) is 2.83. The standard InChI is InChI=1S/C17H14O5/c1-2-21-11-5-3-10(4-6-11)9-14-15(19)12-7-8-13(18)16(20)17(12)22-14/h3-9,18,20H,2H2,1H3/b14-9-. The number of phenolic OH excluding ortho intramolecular Hbond substituents is 2. The highest BCUT2D eigenvalue weighted by Gasteiger charge is 2.31. The molecule has 0 saturated heterocycles. The molecule has 0 fully saturated rings. The van der Waals surface area contributed by atoms with Crippen molar-refractivity contribution in [1.29, 1.82) is 0 Å². The normalized spacial score (nSPS) is 14.8. The number of carbonyl (C=O) groups excluding carboxylic acids is 1. The van der Waals surface area contributed by atoms with Crippen molar-refractivity contribution in [3.63, 3.8) is 0 Å². The van der Waals surface area contributed by atoms with E-state index in [1.807, 2.05) is 6.92 Å². The van der Waals surface area contributed by atoms with Crippen LogP contribution in [0.3, 0.4) is 0 Å². The molecule has 0 atom stereocenters. The zero-order valence-corrected chi connectivity index (χ0v) is 11.9. The fourth-order valence-electron chi connectivity index (χ4n) is 2.21. The maximum atomic E-state index is 12.2. The number of phenols is 2. The highest BCUT2D eigenvalue weighted by Crippen LogP contribution is 2.44. The van der Waals surface area contributed by atoms with Crippen LogP contribution >= 0.6 is 0 Å². The number of hydrogen-bond donors (Lipinski definition) is 2. The molecule has 3 rings (SSSR count). The van der Waals surface area contributed by atoms with Crippen molar-refractivity contribution in [3.05, 3.63) is 53.3 Å². The van der Waals surface area contributed by atoms with Gasteiger partial charge in [-0.15, -0.1) is 0 Å². The summed E-state index contributed by atoms with van der Waals surface area (Å²) in [5.74, 6) is -0.259. The molecule has 0 aliphatic carbocycles. The number of carbonyl (C=O) groups is 1. The summed E-state index contributed by atoms with van der Waals surface area (Å²) >= 11 is 0. The molecule has 0 radical (unpaired) electrons. The molecule has 0 saturated carbocycles. The minimum absolute atomic E-state index is 0.0119. The van der Waals surface area contributed by atoms with Crippen molar-refractivity contribution in [2.75, 3.05) is 6.61 Å². The maximum absolute atomic E-state index is 12.2. The van der Waals surface area contributed by atoms with Gasteiger partial charge in [-0.25, -0.2) is 0 Å². The lowest BCUT2D eigenvalue weighted by Crippen LogP contribution is -1.98. The summed E-state index contributed by atoms with van der Waals surface area (Å²) in [4.78, 5) is 12.2. The van der Waals surface area contributed by atoms with Gasteiger partial charge in [0.25, 0.3) is 0 Å². The predicted molar refractivity (Wildman–Crippen MR) is 80.3 cm³/mol. The van der Waals surface area contributed by atoms with Crippen molar-refractivity contribution in [2.24, 2.45) is 0 Å². The van der Waals surface area contributed by atoms with Crippen LogP contribution in [0.25, 0.3) is 6.08 Å². The Kier molecular flexibility index (Phi) is 3.47. The molecule has 22 heavy (non-hydrogen) atoms. The molecular formula is C17H14O5. The second-order valence-corrected chi connectivity index (χ2v) is 4.75. The van der Waals surface area contributed by atoms with Gasteiger partial charge in [-0.2, -0.15) is 0 Å². The van der Waals surface area contributed by atoms with Gasteiger partial charge in [-0.1, -0.05) is 12.1 Å². The Morgan fingerprint density at radius 3 is 2.55 bits per heavy atom. The minimum Gasteiger partial charge on any atom is -0.504 e. The number of hydrogen-bond acceptors (Lipinski definition) is 5. The van der Waals surface area contributed by atoms with Crippen LogP contribution in [0, 0.1) is 0 Å². The average molecular weight is 298 g/mol. The largest absolute Gasteiger partial charge is 0.504 e. The summed E-state index contributed by atoms with van der Waals surface area (Å²) < 4.78 is 10.7. The quantitative estimate of drug-likeness (QED) is 0.672. The molecule has 0 bridgehead atoms. The van der Waals surface area contributed by atoms with Gasteiger partial charge in [0.15, 0.2) is 17.3 Å². The molecule has 1 aliphatic heterocycles. The Morgan fingerprint density at radius 2 is 1.86 bits per heavy atom. The lowest BCUT2D eigenvalue weighted by Gasteiger charge is -2.04. The Morgan fingerprint density at radius 1 is 1.14 bits per heavy atom. The number of fused-ring (bicyclic) bond motifs is 1. The van der Waals surface area contributed by atoms with E-state index < -0.39 is 5.75 Å². The van der Waals surface area contributed by atoms with Crippen molar-refractivity contribution in [2.45, 2.75) is 6.92 Å². The number of Topliss-reactive ketones (excluding diaryl/α,β-unsaturated/α-hetero) is 1. The zero-order valence-electron chi connectivity index (χ0n) is 11.9. The van der Waals surface area contributed by atoms with Crippen LogP contribution in [0.15, 0.2) is 42.2 Å². The second kappa shape index (κ2) is 5.44. The second-order valence-electron chi connectivity index (χ2n) is 4.75. The van der Waals surface area contributed by atoms with Crippen molar-refractivity contribution < 1.29 is 24.5 Å². The first-order chi connectivity index (χ1) is 10.6. The molecule has 0 aromatic heterocycles. The van der Waals surface area contributed by atoms with Gasteiger partial charge in [0.1, 0.15) is 5.75 Å². The van der Waals surface area contributed by atoms with E-state index in [1.165, 1.54) is 12.1 Å². The fraction of sp³-hybridized carbons (Fsp3) is 0.118. The molecule has 5 nitrogen and oxygen atoms in total. The molecule has 0 amide bonds. The first kappa shape index (κ1) is 14.0. The smallest absolute Gasteiger partial charge is 0.232 e. The molecule has 2 aromatic carbocycles. The van der Waals surface area contributed by atoms with E-state index in [9.17, 15) is 15.0 Å². The van der Waals surface area contributed by atoms with Gasteiger partial charge in [-0.05, 0) is 42.8 Å². The Hall–Kier alpha value is -2.95. The molecule has 0 spiro atoms. The van der Waals surface area contributed by atoms with E-state index in [2.05, 4.69) is 0 Å². The Bertz CT molecular complexity index is 759. The Balaban J connectivity index is 1.91. The molecular weight excluding hydrogens is 284 g/mol. The summed E-state index contributed by atoms with van der Waals surface area (Å²) in [7, 11) is 0. The monoisotopic (exact) mass is 298 g/mol. The summed E-state index contributed by atoms with van der Waals surface area (Å²) in [5.41, 5.74) is 0.996. The van der Waals surface area contributed by atoms with Crippen molar-refractivity contribution in [1.82, 2.24) is 0 Å². The van der Waals surface area contributed by atoms with Gasteiger partial charge in [0.05, 0.1) is 12.2 Å². The van der Waals surface area contributed by atoms with Crippen molar-refractivity contribution in [3.8, 4) is 23.0 Å². The van der Waals surface area contributed by atoms with Crippen LogP contribution in [0.4, 0.5) is 0 Å². The molecule has 1 aliphatic rings. The maximum Gasteiger partial charge on any atom is 0.232 e. The summed E-state index contributed by atoms with van der Waals surface area (Å²) in [5, 5.41) is 19.2. The van der Waals surface area contributed by atoms with Crippen LogP contribution in [-0.4, -0.2) is 22.6 Å². The Labute approximate surface area is 127 Å². The van der Waals surface area contributed by atoms with E-state index in [4.69, 9.17) is 9.47 Å². The summed E-state index contributed by atoms with van der Waals surface area (Å²) in [6.45, 7) is 2.49. The first-order valence-corrected chi connectivity index (χ1v) is 6.82. The van der Waals surface area contributed by atoms with Crippen LogP contribution in [0.5, 0.6) is 23.0 Å². The predicted octanol–water partition coefficient (Wildman–Crippen LogP) is 3.11. The van der Waals surface area contributed by atoms with Gasteiger partial charge >= 0.3 is 0 Å². The van der Waals surface area contributed by atoms with Crippen LogP contribution in [-0.2, 0) is 0 Å². The third-order valence-corrected chi connectivity index (χ3v) is 3.28. The number of ether oxygens (including phenoxy) is 2. The van der Waals surface area contributed by atoms with E-state index in [-0.39, 0.29) is 28.6 Å². The number of allylic oxidation sites excluding steroid dienone is 1.